The number of anilines is 1. The summed E-state index contributed by atoms with van der Waals surface area (Å²) >= 11 is 0. The summed E-state index contributed by atoms with van der Waals surface area (Å²) in [6.07, 6.45) is 5.47. The summed E-state index contributed by atoms with van der Waals surface area (Å²) in [7, 11) is 3.95. The third-order valence-corrected chi connectivity index (χ3v) is 6.86. The van der Waals surface area contributed by atoms with Gasteiger partial charge in [-0.05, 0) is 75.5 Å². The molecule has 0 unspecified atom stereocenters. The van der Waals surface area contributed by atoms with Crippen molar-refractivity contribution < 1.29 is 9.13 Å². The standard InChI is InChI=1S/C32H32FN7O/c1-19(2)36-24-11-21(16-34-18-24)22-13-28-31(38-39-32(28)35-17-22)30-15-27-26(6-5-7-29(27)37-30)20-10-23(33)14-25(12-20)41-9-8-40(3)4/h5-7,10-19,36-37H,8-9H2,1-4H3,(H,35,38,39). The van der Waals surface area contributed by atoms with Crippen LogP contribution in [-0.2, 0) is 0 Å². The first kappa shape index (κ1) is 26.5. The topological polar surface area (TPSA) is 94.8 Å². The van der Waals surface area contributed by atoms with Gasteiger partial charge in [0, 0.05) is 64.7 Å². The van der Waals surface area contributed by atoms with Gasteiger partial charge in [-0.25, -0.2) is 9.37 Å². The number of ether oxygens (including phenoxy) is 1. The van der Waals surface area contributed by atoms with Crippen molar-refractivity contribution in [3.8, 4) is 39.4 Å². The normalized spacial score (nSPS) is 11.7. The number of rotatable bonds is 9. The van der Waals surface area contributed by atoms with E-state index in [0.29, 0.717) is 24.0 Å². The molecule has 0 bridgehead atoms. The number of hydrogen-bond acceptors (Lipinski definition) is 6. The molecule has 41 heavy (non-hydrogen) atoms. The Hall–Kier alpha value is -4.76. The lowest BCUT2D eigenvalue weighted by Crippen LogP contribution is -2.19. The number of fused-ring (bicyclic) bond motifs is 2. The van der Waals surface area contributed by atoms with E-state index in [1.165, 1.54) is 6.07 Å². The fourth-order valence-electron chi connectivity index (χ4n) is 4.96. The summed E-state index contributed by atoms with van der Waals surface area (Å²) in [5.74, 6) is 0.172. The number of benzene rings is 2. The minimum absolute atomic E-state index is 0.301. The SMILES string of the molecule is CC(C)Nc1cncc(-c2cnc3n[nH]c(-c4cc5c(-c6cc(F)cc(OCCN(C)C)c6)cccc5[nH]4)c3c2)c1. The largest absolute Gasteiger partial charge is 0.492 e. The second-order valence-electron chi connectivity index (χ2n) is 10.7. The Morgan fingerprint density at radius 1 is 0.951 bits per heavy atom. The first-order valence-corrected chi connectivity index (χ1v) is 13.6. The van der Waals surface area contributed by atoms with E-state index >= 15 is 0 Å². The van der Waals surface area contributed by atoms with E-state index < -0.39 is 0 Å². The zero-order valence-corrected chi connectivity index (χ0v) is 23.5. The molecule has 8 nitrogen and oxygen atoms in total. The van der Waals surface area contributed by atoms with Gasteiger partial charge in [0.1, 0.15) is 18.2 Å². The van der Waals surface area contributed by atoms with Gasteiger partial charge < -0.3 is 19.9 Å². The third-order valence-electron chi connectivity index (χ3n) is 6.86. The van der Waals surface area contributed by atoms with Crippen molar-refractivity contribution in [3.05, 3.63) is 79.0 Å². The van der Waals surface area contributed by atoms with E-state index in [1.807, 2.05) is 61.9 Å². The molecule has 0 atom stereocenters. The molecule has 3 N–H and O–H groups in total. The van der Waals surface area contributed by atoms with Gasteiger partial charge in [0.2, 0.25) is 0 Å². The highest BCUT2D eigenvalue weighted by Crippen LogP contribution is 2.36. The smallest absolute Gasteiger partial charge is 0.181 e. The van der Waals surface area contributed by atoms with Crippen molar-refractivity contribution in [2.24, 2.45) is 0 Å². The van der Waals surface area contributed by atoms with Gasteiger partial charge in [-0.15, -0.1) is 0 Å². The Bertz CT molecular complexity index is 1840. The summed E-state index contributed by atoms with van der Waals surface area (Å²) in [5.41, 5.74) is 7.76. The summed E-state index contributed by atoms with van der Waals surface area (Å²) in [4.78, 5) is 14.6. The molecule has 208 valence electrons. The number of hydrogen-bond donors (Lipinski definition) is 3. The molecule has 0 radical (unpaired) electrons. The number of H-pyrrole nitrogens is 2. The maximum Gasteiger partial charge on any atom is 0.181 e. The zero-order chi connectivity index (χ0) is 28.5. The second-order valence-corrected chi connectivity index (χ2v) is 10.7. The van der Waals surface area contributed by atoms with Crippen molar-refractivity contribution >= 4 is 27.6 Å². The molecule has 0 fully saturated rings. The molecule has 0 saturated heterocycles. The summed E-state index contributed by atoms with van der Waals surface area (Å²) in [6.45, 7) is 5.41. The van der Waals surface area contributed by atoms with Crippen molar-refractivity contribution in [1.29, 1.82) is 0 Å². The Morgan fingerprint density at radius 2 is 1.80 bits per heavy atom. The van der Waals surface area contributed by atoms with Gasteiger partial charge in [-0.3, -0.25) is 10.1 Å². The van der Waals surface area contributed by atoms with Gasteiger partial charge in [0.05, 0.1) is 17.1 Å². The van der Waals surface area contributed by atoms with Crippen LogP contribution in [0.2, 0.25) is 0 Å². The first-order valence-electron chi connectivity index (χ1n) is 13.6. The maximum atomic E-state index is 14.6. The van der Waals surface area contributed by atoms with E-state index in [2.05, 4.69) is 62.5 Å². The minimum atomic E-state index is -0.338. The van der Waals surface area contributed by atoms with E-state index in [1.54, 1.807) is 6.07 Å². The predicted octanol–water partition coefficient (Wildman–Crippen LogP) is 6.74. The fraction of sp³-hybridized carbons (Fsp3) is 0.219. The number of aromatic amines is 2. The number of halogens is 1. The summed E-state index contributed by atoms with van der Waals surface area (Å²) < 4.78 is 20.5. The molecule has 0 saturated carbocycles. The summed E-state index contributed by atoms with van der Waals surface area (Å²) in [6, 6.07) is 17.3. The van der Waals surface area contributed by atoms with Crippen LogP contribution in [0.3, 0.4) is 0 Å². The number of pyridine rings is 2. The molecule has 6 aromatic rings. The van der Waals surface area contributed by atoms with Crippen LogP contribution >= 0.6 is 0 Å². The first-order chi connectivity index (χ1) is 19.8. The van der Waals surface area contributed by atoms with Crippen LogP contribution in [0.1, 0.15) is 13.8 Å². The monoisotopic (exact) mass is 549 g/mol. The highest BCUT2D eigenvalue weighted by molar-refractivity contribution is 6.01. The third kappa shape index (κ3) is 5.62. The quantitative estimate of drug-likeness (QED) is 0.185. The van der Waals surface area contributed by atoms with Crippen LogP contribution in [-0.4, -0.2) is 63.3 Å². The zero-order valence-electron chi connectivity index (χ0n) is 23.5. The van der Waals surface area contributed by atoms with Gasteiger partial charge in [-0.2, -0.15) is 5.10 Å². The van der Waals surface area contributed by atoms with Crippen molar-refractivity contribution in [3.63, 3.8) is 0 Å². The molecule has 0 spiro atoms. The second kappa shape index (κ2) is 11.0. The lowest BCUT2D eigenvalue weighted by atomic mass is 10.0. The van der Waals surface area contributed by atoms with Crippen molar-refractivity contribution in [2.75, 3.05) is 32.6 Å². The van der Waals surface area contributed by atoms with E-state index in [0.717, 1.165) is 62.2 Å². The van der Waals surface area contributed by atoms with E-state index in [9.17, 15) is 4.39 Å². The van der Waals surface area contributed by atoms with Gasteiger partial charge >= 0.3 is 0 Å². The Labute approximate surface area is 237 Å². The van der Waals surface area contributed by atoms with Gasteiger partial charge in [0.25, 0.3) is 0 Å². The van der Waals surface area contributed by atoms with Crippen LogP contribution in [0.25, 0.3) is 55.6 Å². The van der Waals surface area contributed by atoms with Crippen molar-refractivity contribution in [1.82, 2.24) is 30.0 Å². The molecule has 9 heteroatoms. The molecule has 4 heterocycles. The summed E-state index contributed by atoms with van der Waals surface area (Å²) in [5, 5.41) is 12.9. The molecule has 0 aliphatic rings. The predicted molar refractivity (Wildman–Crippen MR) is 163 cm³/mol. The van der Waals surface area contributed by atoms with Crippen LogP contribution in [0.5, 0.6) is 5.75 Å². The molecule has 0 amide bonds. The van der Waals surface area contributed by atoms with Gasteiger partial charge in [-0.1, -0.05) is 12.1 Å². The minimum Gasteiger partial charge on any atom is -0.492 e. The molecule has 2 aromatic carbocycles. The highest BCUT2D eigenvalue weighted by atomic mass is 19.1. The molecule has 0 aliphatic heterocycles. The van der Waals surface area contributed by atoms with Crippen molar-refractivity contribution in [2.45, 2.75) is 19.9 Å². The number of nitrogens with zero attached hydrogens (tertiary/aromatic N) is 4. The van der Waals surface area contributed by atoms with Gasteiger partial charge in [0.15, 0.2) is 5.65 Å². The molecule has 0 aliphatic carbocycles. The molecule has 6 rings (SSSR count). The van der Waals surface area contributed by atoms with E-state index in [4.69, 9.17) is 4.74 Å². The van der Waals surface area contributed by atoms with Crippen LogP contribution in [0.15, 0.2) is 73.2 Å². The Kier molecular flexibility index (Phi) is 7.11. The van der Waals surface area contributed by atoms with E-state index in [-0.39, 0.29) is 5.82 Å². The molecular formula is C32H32FN7O. The lowest BCUT2D eigenvalue weighted by molar-refractivity contribution is 0.260. The number of aromatic nitrogens is 5. The number of likely N-dealkylation sites (N-methyl/N-ethyl adjacent to an activating group) is 1. The average Bonchev–Trinajstić information content (AvgIpc) is 3.56. The van der Waals surface area contributed by atoms with Crippen LogP contribution < -0.4 is 10.1 Å². The number of nitrogens with one attached hydrogen (secondary N) is 3. The fourth-order valence-corrected chi connectivity index (χ4v) is 4.96. The molecular weight excluding hydrogens is 517 g/mol. The maximum absolute atomic E-state index is 14.6. The van der Waals surface area contributed by atoms with Crippen LogP contribution in [0.4, 0.5) is 10.1 Å². The van der Waals surface area contributed by atoms with Crippen LogP contribution in [0, 0.1) is 5.82 Å². The highest BCUT2D eigenvalue weighted by Gasteiger charge is 2.16. The Morgan fingerprint density at radius 3 is 2.63 bits per heavy atom. The average molecular weight is 550 g/mol. The Balaban J connectivity index is 1.37. The lowest BCUT2D eigenvalue weighted by Gasteiger charge is -2.12. The molecule has 4 aromatic heterocycles.